The average Bonchev–Trinajstić information content (AvgIpc) is 2.36. The number of amides is 1. The van der Waals surface area contributed by atoms with E-state index in [-0.39, 0.29) is 17.4 Å². The van der Waals surface area contributed by atoms with E-state index in [9.17, 15) is 4.79 Å². The molecule has 3 heteroatoms. The molecule has 0 radical (unpaired) electrons. The molecule has 3 nitrogen and oxygen atoms in total. The van der Waals surface area contributed by atoms with Gasteiger partial charge in [0, 0.05) is 19.0 Å². The molecule has 0 heterocycles. The van der Waals surface area contributed by atoms with Crippen LogP contribution in [0, 0.1) is 0 Å². The summed E-state index contributed by atoms with van der Waals surface area (Å²) in [5.74, 6) is 0.0221. The standard InChI is InChI=1S/C14H22N2O/c1-11(13(17)15-4)16-10-14(2,3)12-8-6-5-7-9-12/h5-9,11,16H,10H2,1-4H3,(H,15,17). The molecule has 0 saturated carbocycles. The first-order valence-electron chi connectivity index (χ1n) is 5.98. The largest absolute Gasteiger partial charge is 0.358 e. The Morgan fingerprint density at radius 3 is 2.41 bits per heavy atom. The summed E-state index contributed by atoms with van der Waals surface area (Å²) in [7, 11) is 1.66. The van der Waals surface area contributed by atoms with Crippen molar-refractivity contribution in [3.05, 3.63) is 35.9 Å². The molecule has 0 fully saturated rings. The molecule has 0 spiro atoms. The lowest BCUT2D eigenvalue weighted by molar-refractivity contribution is -0.122. The molecule has 1 aromatic rings. The minimum atomic E-state index is -0.164. The maximum Gasteiger partial charge on any atom is 0.236 e. The second-order valence-corrected chi connectivity index (χ2v) is 4.97. The van der Waals surface area contributed by atoms with Crippen molar-refractivity contribution >= 4 is 5.91 Å². The summed E-state index contributed by atoms with van der Waals surface area (Å²) in [6.07, 6.45) is 0. The second-order valence-electron chi connectivity index (χ2n) is 4.97. The number of carbonyl (C=O) groups is 1. The second kappa shape index (κ2) is 5.82. The fourth-order valence-electron chi connectivity index (χ4n) is 1.71. The van der Waals surface area contributed by atoms with Gasteiger partial charge in [-0.15, -0.1) is 0 Å². The molecule has 0 aliphatic carbocycles. The van der Waals surface area contributed by atoms with Gasteiger partial charge < -0.3 is 10.6 Å². The summed E-state index contributed by atoms with van der Waals surface area (Å²) in [6, 6.07) is 10.2. The first-order valence-corrected chi connectivity index (χ1v) is 5.98. The fourth-order valence-corrected chi connectivity index (χ4v) is 1.71. The first kappa shape index (κ1) is 13.7. The van der Waals surface area contributed by atoms with Crippen LogP contribution in [0.25, 0.3) is 0 Å². The van der Waals surface area contributed by atoms with Gasteiger partial charge in [0.05, 0.1) is 6.04 Å². The Hall–Kier alpha value is -1.35. The summed E-state index contributed by atoms with van der Waals surface area (Å²) < 4.78 is 0. The SMILES string of the molecule is CNC(=O)C(C)NCC(C)(C)c1ccccc1. The van der Waals surface area contributed by atoms with Gasteiger partial charge in [-0.3, -0.25) is 4.79 Å². The van der Waals surface area contributed by atoms with Crippen molar-refractivity contribution in [3.63, 3.8) is 0 Å². The zero-order chi connectivity index (χ0) is 12.9. The molecule has 0 aromatic heterocycles. The summed E-state index contributed by atoms with van der Waals surface area (Å²) in [4.78, 5) is 11.4. The third kappa shape index (κ3) is 3.86. The summed E-state index contributed by atoms with van der Waals surface area (Å²) in [5, 5.41) is 5.90. The molecule has 1 amide bonds. The zero-order valence-electron chi connectivity index (χ0n) is 11.1. The molecule has 1 rings (SSSR count). The Balaban J connectivity index is 2.59. The maximum absolute atomic E-state index is 11.4. The first-order chi connectivity index (χ1) is 7.97. The van der Waals surface area contributed by atoms with Crippen molar-refractivity contribution in [1.29, 1.82) is 0 Å². The quantitative estimate of drug-likeness (QED) is 0.814. The Bertz CT molecular complexity index is 360. The van der Waals surface area contributed by atoms with E-state index in [2.05, 4.69) is 36.6 Å². The highest BCUT2D eigenvalue weighted by atomic mass is 16.2. The predicted molar refractivity (Wildman–Crippen MR) is 71.0 cm³/mol. The Morgan fingerprint density at radius 2 is 1.88 bits per heavy atom. The molecule has 0 bridgehead atoms. The number of likely N-dealkylation sites (N-methyl/N-ethyl adjacent to an activating group) is 1. The Morgan fingerprint density at radius 1 is 1.29 bits per heavy atom. The van der Waals surface area contributed by atoms with Crippen LogP contribution >= 0.6 is 0 Å². The predicted octanol–water partition coefficient (Wildman–Crippen LogP) is 1.69. The van der Waals surface area contributed by atoms with Gasteiger partial charge in [0.1, 0.15) is 0 Å². The number of rotatable bonds is 5. The van der Waals surface area contributed by atoms with Crippen molar-refractivity contribution < 1.29 is 4.79 Å². The van der Waals surface area contributed by atoms with Crippen LogP contribution in [0.15, 0.2) is 30.3 Å². The van der Waals surface area contributed by atoms with E-state index in [0.717, 1.165) is 6.54 Å². The van der Waals surface area contributed by atoms with Crippen LogP contribution < -0.4 is 10.6 Å². The van der Waals surface area contributed by atoms with E-state index in [1.54, 1.807) is 7.05 Å². The van der Waals surface area contributed by atoms with E-state index >= 15 is 0 Å². The highest BCUT2D eigenvalue weighted by Crippen LogP contribution is 2.21. The average molecular weight is 234 g/mol. The summed E-state index contributed by atoms with van der Waals surface area (Å²) >= 11 is 0. The summed E-state index contributed by atoms with van der Waals surface area (Å²) in [5.41, 5.74) is 1.29. The number of carbonyl (C=O) groups excluding carboxylic acids is 1. The molecular weight excluding hydrogens is 212 g/mol. The topological polar surface area (TPSA) is 41.1 Å². The van der Waals surface area contributed by atoms with Crippen LogP contribution in [-0.4, -0.2) is 25.5 Å². The number of hydrogen-bond donors (Lipinski definition) is 2. The van der Waals surface area contributed by atoms with Gasteiger partial charge in [-0.2, -0.15) is 0 Å². The molecule has 1 unspecified atom stereocenters. The molecule has 0 saturated heterocycles. The van der Waals surface area contributed by atoms with Gasteiger partial charge in [-0.1, -0.05) is 44.2 Å². The van der Waals surface area contributed by atoms with E-state index < -0.39 is 0 Å². The van der Waals surface area contributed by atoms with Crippen LogP contribution in [0.2, 0.25) is 0 Å². The van der Waals surface area contributed by atoms with E-state index in [1.807, 2.05) is 25.1 Å². The molecule has 0 aliphatic heterocycles. The van der Waals surface area contributed by atoms with E-state index in [0.29, 0.717) is 0 Å². The normalized spacial score (nSPS) is 13.2. The summed E-state index contributed by atoms with van der Waals surface area (Å²) in [6.45, 7) is 6.99. The molecule has 1 atom stereocenters. The number of benzene rings is 1. The number of nitrogens with one attached hydrogen (secondary N) is 2. The van der Waals surface area contributed by atoms with Gasteiger partial charge in [0.25, 0.3) is 0 Å². The molecule has 94 valence electrons. The van der Waals surface area contributed by atoms with Crippen LogP contribution in [0.3, 0.4) is 0 Å². The van der Waals surface area contributed by atoms with Crippen LogP contribution in [0.4, 0.5) is 0 Å². The number of hydrogen-bond acceptors (Lipinski definition) is 2. The molecule has 2 N–H and O–H groups in total. The van der Waals surface area contributed by atoms with Crippen molar-refractivity contribution in [3.8, 4) is 0 Å². The van der Waals surface area contributed by atoms with Crippen molar-refractivity contribution in [2.75, 3.05) is 13.6 Å². The van der Waals surface area contributed by atoms with Gasteiger partial charge in [-0.05, 0) is 12.5 Å². The third-order valence-corrected chi connectivity index (χ3v) is 3.05. The van der Waals surface area contributed by atoms with Crippen molar-refractivity contribution in [2.24, 2.45) is 0 Å². The van der Waals surface area contributed by atoms with Gasteiger partial charge in [0.15, 0.2) is 0 Å². The molecule has 1 aromatic carbocycles. The third-order valence-electron chi connectivity index (χ3n) is 3.05. The Kier molecular flexibility index (Phi) is 4.70. The maximum atomic E-state index is 11.4. The van der Waals surface area contributed by atoms with Crippen molar-refractivity contribution in [1.82, 2.24) is 10.6 Å². The van der Waals surface area contributed by atoms with E-state index in [1.165, 1.54) is 5.56 Å². The lowest BCUT2D eigenvalue weighted by atomic mass is 9.84. The smallest absolute Gasteiger partial charge is 0.236 e. The highest BCUT2D eigenvalue weighted by Gasteiger charge is 2.22. The molecular formula is C14H22N2O. The minimum absolute atomic E-state index is 0.0174. The molecule has 17 heavy (non-hydrogen) atoms. The minimum Gasteiger partial charge on any atom is -0.358 e. The van der Waals surface area contributed by atoms with Gasteiger partial charge in [0.2, 0.25) is 5.91 Å². The highest BCUT2D eigenvalue weighted by molar-refractivity contribution is 5.80. The van der Waals surface area contributed by atoms with Gasteiger partial charge in [-0.25, -0.2) is 0 Å². The lowest BCUT2D eigenvalue weighted by Gasteiger charge is -2.27. The van der Waals surface area contributed by atoms with Crippen LogP contribution in [0.1, 0.15) is 26.3 Å². The van der Waals surface area contributed by atoms with E-state index in [4.69, 9.17) is 0 Å². The fraction of sp³-hybridized carbons (Fsp3) is 0.500. The monoisotopic (exact) mass is 234 g/mol. The van der Waals surface area contributed by atoms with Crippen molar-refractivity contribution in [2.45, 2.75) is 32.2 Å². The Labute approximate surface area is 104 Å². The van der Waals surface area contributed by atoms with Gasteiger partial charge >= 0.3 is 0 Å². The lowest BCUT2D eigenvalue weighted by Crippen LogP contribution is -2.45. The zero-order valence-corrected chi connectivity index (χ0v) is 11.1. The van der Waals surface area contributed by atoms with Crippen LogP contribution in [-0.2, 0) is 10.2 Å². The molecule has 0 aliphatic rings. The van der Waals surface area contributed by atoms with Crippen LogP contribution in [0.5, 0.6) is 0 Å².